The molecule has 2 N–H and O–H groups in total. The summed E-state index contributed by atoms with van der Waals surface area (Å²) in [6.07, 6.45) is 7.62. The Hall–Kier alpha value is -2.87. The van der Waals surface area contributed by atoms with E-state index in [2.05, 4.69) is 34.3 Å². The number of aromatic amines is 1. The van der Waals surface area contributed by atoms with Gasteiger partial charge in [-0.25, -0.2) is 4.98 Å². The molecule has 1 amide bonds. The molecule has 1 saturated heterocycles. The quantitative estimate of drug-likeness (QED) is 0.650. The van der Waals surface area contributed by atoms with Gasteiger partial charge in [-0.1, -0.05) is 0 Å². The number of nitrogens with one attached hydrogen (secondary N) is 2. The highest BCUT2D eigenvalue weighted by Crippen LogP contribution is 2.35. The number of carbonyl (C=O) groups is 1. The largest absolute Gasteiger partial charge is 0.474 e. The Bertz CT molecular complexity index is 1060. The van der Waals surface area contributed by atoms with Crippen molar-refractivity contribution < 1.29 is 14.3 Å². The van der Waals surface area contributed by atoms with Gasteiger partial charge in [0.1, 0.15) is 17.5 Å². The summed E-state index contributed by atoms with van der Waals surface area (Å²) in [5.41, 5.74) is 3.14. The average molecular weight is 409 g/mol. The lowest BCUT2D eigenvalue weighted by molar-refractivity contribution is 0.0244. The molecular weight excluding hydrogens is 382 g/mol. The SMILES string of the molecule is CC(C)n1cc(-c2n[nH]c3ccnc(OC4CCOCC4)c23)cc1C(=O)NC1CC1. The molecule has 0 unspecified atom stereocenters. The predicted octanol–water partition coefficient (Wildman–Crippen LogP) is 3.46. The first-order valence-electron chi connectivity index (χ1n) is 10.7. The number of nitrogens with zero attached hydrogens (tertiary/aromatic N) is 3. The summed E-state index contributed by atoms with van der Waals surface area (Å²) in [6, 6.07) is 4.27. The lowest BCUT2D eigenvalue weighted by Crippen LogP contribution is -2.27. The molecule has 4 heterocycles. The Morgan fingerprint density at radius 2 is 2.10 bits per heavy atom. The zero-order valence-corrected chi connectivity index (χ0v) is 17.4. The summed E-state index contributed by atoms with van der Waals surface area (Å²) < 4.78 is 13.7. The van der Waals surface area contributed by atoms with E-state index in [1.165, 1.54) is 0 Å². The predicted molar refractivity (Wildman–Crippen MR) is 113 cm³/mol. The number of hydrogen-bond acceptors (Lipinski definition) is 5. The molecule has 30 heavy (non-hydrogen) atoms. The van der Waals surface area contributed by atoms with Crippen LogP contribution in [-0.2, 0) is 4.74 Å². The minimum absolute atomic E-state index is 0.0332. The lowest BCUT2D eigenvalue weighted by atomic mass is 10.1. The molecule has 5 rings (SSSR count). The van der Waals surface area contributed by atoms with Crippen molar-refractivity contribution >= 4 is 16.8 Å². The molecule has 2 aliphatic rings. The van der Waals surface area contributed by atoms with Crippen LogP contribution in [0, 0.1) is 0 Å². The van der Waals surface area contributed by atoms with Gasteiger partial charge < -0.3 is 19.4 Å². The van der Waals surface area contributed by atoms with Gasteiger partial charge in [0.15, 0.2) is 0 Å². The van der Waals surface area contributed by atoms with Crippen molar-refractivity contribution in [2.24, 2.45) is 0 Å². The van der Waals surface area contributed by atoms with Crippen LogP contribution in [0.1, 0.15) is 56.1 Å². The van der Waals surface area contributed by atoms with E-state index in [0.717, 1.165) is 47.8 Å². The van der Waals surface area contributed by atoms with Crippen molar-refractivity contribution in [1.29, 1.82) is 0 Å². The Kier molecular flexibility index (Phi) is 4.94. The van der Waals surface area contributed by atoms with Gasteiger partial charge in [-0.05, 0) is 38.8 Å². The number of H-pyrrole nitrogens is 1. The normalized spacial score (nSPS) is 17.6. The van der Waals surface area contributed by atoms with Crippen molar-refractivity contribution in [3.05, 3.63) is 30.2 Å². The van der Waals surface area contributed by atoms with E-state index in [9.17, 15) is 4.79 Å². The number of ether oxygens (including phenoxy) is 2. The minimum atomic E-state index is -0.0332. The molecule has 0 radical (unpaired) electrons. The summed E-state index contributed by atoms with van der Waals surface area (Å²) in [5, 5.41) is 11.6. The van der Waals surface area contributed by atoms with Crippen molar-refractivity contribution in [2.75, 3.05) is 13.2 Å². The Morgan fingerprint density at radius 3 is 2.83 bits per heavy atom. The minimum Gasteiger partial charge on any atom is -0.474 e. The molecule has 3 aromatic heterocycles. The highest BCUT2D eigenvalue weighted by atomic mass is 16.5. The maximum Gasteiger partial charge on any atom is 0.268 e. The topological polar surface area (TPSA) is 94.1 Å². The third-order valence-electron chi connectivity index (χ3n) is 5.71. The fourth-order valence-electron chi connectivity index (χ4n) is 3.89. The van der Waals surface area contributed by atoms with E-state index in [0.29, 0.717) is 30.8 Å². The van der Waals surface area contributed by atoms with Crippen LogP contribution in [-0.4, -0.2) is 51.0 Å². The summed E-state index contributed by atoms with van der Waals surface area (Å²) in [4.78, 5) is 17.3. The third-order valence-corrected chi connectivity index (χ3v) is 5.71. The molecule has 1 aliphatic heterocycles. The highest BCUT2D eigenvalue weighted by Gasteiger charge is 2.27. The van der Waals surface area contributed by atoms with Crippen LogP contribution in [0.3, 0.4) is 0 Å². The Balaban J connectivity index is 1.53. The van der Waals surface area contributed by atoms with Crippen LogP contribution in [0.4, 0.5) is 0 Å². The Morgan fingerprint density at radius 1 is 1.30 bits per heavy atom. The molecule has 0 aromatic carbocycles. The summed E-state index contributed by atoms with van der Waals surface area (Å²) in [6.45, 7) is 5.55. The van der Waals surface area contributed by atoms with Gasteiger partial charge in [0.2, 0.25) is 5.88 Å². The monoisotopic (exact) mass is 409 g/mol. The van der Waals surface area contributed by atoms with E-state index in [-0.39, 0.29) is 18.1 Å². The van der Waals surface area contributed by atoms with Gasteiger partial charge in [-0.3, -0.25) is 9.89 Å². The van der Waals surface area contributed by atoms with Gasteiger partial charge in [-0.15, -0.1) is 0 Å². The highest BCUT2D eigenvalue weighted by molar-refractivity contribution is 5.99. The van der Waals surface area contributed by atoms with Crippen LogP contribution < -0.4 is 10.1 Å². The van der Waals surface area contributed by atoms with E-state index >= 15 is 0 Å². The van der Waals surface area contributed by atoms with E-state index in [4.69, 9.17) is 9.47 Å². The van der Waals surface area contributed by atoms with E-state index < -0.39 is 0 Å². The zero-order valence-electron chi connectivity index (χ0n) is 17.4. The molecule has 8 heteroatoms. The third kappa shape index (κ3) is 3.67. The smallest absolute Gasteiger partial charge is 0.268 e. The first kappa shape index (κ1) is 19.1. The van der Waals surface area contributed by atoms with Gasteiger partial charge in [0.25, 0.3) is 5.91 Å². The maximum absolute atomic E-state index is 12.8. The summed E-state index contributed by atoms with van der Waals surface area (Å²) >= 11 is 0. The number of rotatable bonds is 6. The number of aromatic nitrogens is 4. The molecule has 1 aliphatic carbocycles. The van der Waals surface area contributed by atoms with Crippen LogP contribution in [0.5, 0.6) is 5.88 Å². The molecular formula is C22H27N5O3. The number of carbonyl (C=O) groups excluding carboxylic acids is 1. The number of pyridine rings is 1. The lowest BCUT2D eigenvalue weighted by Gasteiger charge is -2.23. The molecule has 2 fully saturated rings. The fraction of sp³-hybridized carbons (Fsp3) is 0.500. The first-order chi connectivity index (χ1) is 14.6. The first-order valence-corrected chi connectivity index (χ1v) is 10.7. The van der Waals surface area contributed by atoms with Crippen molar-refractivity contribution in [3.63, 3.8) is 0 Å². The van der Waals surface area contributed by atoms with Crippen LogP contribution in [0.2, 0.25) is 0 Å². The van der Waals surface area contributed by atoms with Crippen molar-refractivity contribution in [2.45, 2.75) is 57.7 Å². The molecule has 0 spiro atoms. The molecule has 1 saturated carbocycles. The van der Waals surface area contributed by atoms with E-state index in [1.807, 2.05) is 22.9 Å². The van der Waals surface area contributed by atoms with Crippen LogP contribution in [0.25, 0.3) is 22.2 Å². The second-order valence-electron chi connectivity index (χ2n) is 8.40. The van der Waals surface area contributed by atoms with Crippen molar-refractivity contribution in [1.82, 2.24) is 25.1 Å². The molecule has 0 atom stereocenters. The standard InChI is InChI=1S/C22H27N5O3/c1-13(2)27-12-14(11-18(27)21(28)24-15-3-4-15)20-19-17(25-26-20)5-8-23-22(19)30-16-6-9-29-10-7-16/h5,8,11-13,15-16H,3-4,6-7,9-10H2,1-2H3,(H,24,28)(H,25,26). The molecule has 158 valence electrons. The number of fused-ring (bicyclic) bond motifs is 1. The maximum atomic E-state index is 12.8. The number of hydrogen-bond donors (Lipinski definition) is 2. The Labute approximate surface area is 175 Å². The van der Waals surface area contributed by atoms with Gasteiger partial charge in [0, 0.05) is 42.9 Å². The van der Waals surface area contributed by atoms with E-state index in [1.54, 1.807) is 6.20 Å². The average Bonchev–Trinajstić information content (AvgIpc) is 3.27. The van der Waals surface area contributed by atoms with Gasteiger partial charge in [-0.2, -0.15) is 5.10 Å². The van der Waals surface area contributed by atoms with Crippen molar-refractivity contribution in [3.8, 4) is 17.1 Å². The second-order valence-corrected chi connectivity index (χ2v) is 8.40. The molecule has 0 bridgehead atoms. The van der Waals surface area contributed by atoms with Gasteiger partial charge >= 0.3 is 0 Å². The molecule has 8 nitrogen and oxygen atoms in total. The molecule has 3 aromatic rings. The fourth-order valence-corrected chi connectivity index (χ4v) is 3.89. The van der Waals surface area contributed by atoms with Gasteiger partial charge in [0.05, 0.1) is 24.1 Å². The zero-order chi connectivity index (χ0) is 20.7. The number of amides is 1. The summed E-state index contributed by atoms with van der Waals surface area (Å²) in [5.74, 6) is 0.540. The second kappa shape index (κ2) is 7.75. The van der Waals surface area contributed by atoms with Crippen LogP contribution in [0.15, 0.2) is 24.5 Å². The van der Waals surface area contributed by atoms with Crippen LogP contribution >= 0.6 is 0 Å². The summed E-state index contributed by atoms with van der Waals surface area (Å²) in [7, 11) is 0.